The molecule has 1 aromatic rings. The Morgan fingerprint density at radius 2 is 2.31 bits per heavy atom. The number of ether oxygens (including phenoxy) is 1. The molecule has 1 saturated heterocycles. The van der Waals surface area contributed by atoms with Crippen LogP contribution in [-0.4, -0.2) is 37.5 Å². The second kappa shape index (κ2) is 4.72. The van der Waals surface area contributed by atoms with Crippen LogP contribution in [0.4, 0.5) is 5.69 Å². The largest absolute Gasteiger partial charge is 0.495 e. The Labute approximate surface area is 95.6 Å². The van der Waals surface area contributed by atoms with Gasteiger partial charge < -0.3 is 20.5 Å². The first-order valence-corrected chi connectivity index (χ1v) is 5.53. The van der Waals surface area contributed by atoms with Gasteiger partial charge in [-0.05, 0) is 25.1 Å². The van der Waals surface area contributed by atoms with Gasteiger partial charge in [-0.2, -0.15) is 0 Å². The van der Waals surface area contributed by atoms with Crippen molar-refractivity contribution in [2.24, 2.45) is 0 Å². The fourth-order valence-electron chi connectivity index (χ4n) is 1.93. The molecule has 4 heteroatoms. The predicted molar refractivity (Wildman–Crippen MR) is 63.9 cm³/mol. The molecule has 2 rings (SSSR count). The summed E-state index contributed by atoms with van der Waals surface area (Å²) in [5, 5.41) is 16.5. The van der Waals surface area contributed by atoms with Crippen molar-refractivity contribution in [3.05, 3.63) is 24.3 Å². The maximum absolute atomic E-state index is 10.2. The van der Waals surface area contributed by atoms with Crippen molar-refractivity contribution in [1.29, 1.82) is 0 Å². The lowest BCUT2D eigenvalue weighted by Gasteiger charge is -2.22. The first-order chi connectivity index (χ1) is 7.73. The average molecular weight is 222 g/mol. The van der Waals surface area contributed by atoms with E-state index < -0.39 is 5.60 Å². The van der Waals surface area contributed by atoms with Crippen molar-refractivity contribution in [1.82, 2.24) is 5.32 Å². The van der Waals surface area contributed by atoms with Gasteiger partial charge in [-0.1, -0.05) is 12.1 Å². The van der Waals surface area contributed by atoms with E-state index in [-0.39, 0.29) is 0 Å². The number of benzene rings is 1. The van der Waals surface area contributed by atoms with Crippen LogP contribution in [0.1, 0.15) is 6.42 Å². The third-order valence-electron chi connectivity index (χ3n) is 2.94. The minimum Gasteiger partial charge on any atom is -0.495 e. The molecule has 16 heavy (non-hydrogen) atoms. The van der Waals surface area contributed by atoms with Gasteiger partial charge in [0.15, 0.2) is 0 Å². The molecule has 1 aromatic carbocycles. The maximum Gasteiger partial charge on any atom is 0.141 e. The summed E-state index contributed by atoms with van der Waals surface area (Å²) in [7, 11) is 1.65. The van der Waals surface area contributed by atoms with Crippen molar-refractivity contribution in [2.75, 3.05) is 32.1 Å². The Morgan fingerprint density at radius 1 is 1.50 bits per heavy atom. The summed E-state index contributed by atoms with van der Waals surface area (Å²) in [6.07, 6.45) is 0.787. The average Bonchev–Trinajstić information content (AvgIpc) is 2.74. The summed E-state index contributed by atoms with van der Waals surface area (Å²) in [5.41, 5.74) is 0.284. The molecule has 1 atom stereocenters. The zero-order valence-corrected chi connectivity index (χ0v) is 9.49. The molecule has 1 heterocycles. The van der Waals surface area contributed by atoms with Gasteiger partial charge in [0.1, 0.15) is 5.75 Å². The molecule has 0 bridgehead atoms. The van der Waals surface area contributed by atoms with Crippen LogP contribution in [-0.2, 0) is 0 Å². The van der Waals surface area contributed by atoms with Gasteiger partial charge in [0.2, 0.25) is 0 Å². The molecule has 0 aromatic heterocycles. The predicted octanol–water partition coefficient (Wildman–Crippen LogP) is 0.831. The molecular weight excluding hydrogens is 204 g/mol. The lowest BCUT2D eigenvalue weighted by Crippen LogP contribution is -2.38. The van der Waals surface area contributed by atoms with E-state index in [1.807, 2.05) is 24.3 Å². The van der Waals surface area contributed by atoms with Gasteiger partial charge in [0.25, 0.3) is 0 Å². The minimum atomic E-state index is -0.638. The highest BCUT2D eigenvalue weighted by Gasteiger charge is 2.30. The standard InChI is InChI=1S/C12H18N2O2/c1-16-11-5-3-2-4-10(11)14-9-12(15)6-7-13-8-12/h2-5,13-15H,6-9H2,1H3. The van der Waals surface area contributed by atoms with Gasteiger partial charge >= 0.3 is 0 Å². The highest BCUT2D eigenvalue weighted by molar-refractivity contribution is 5.56. The zero-order chi connectivity index (χ0) is 11.4. The number of rotatable bonds is 4. The smallest absolute Gasteiger partial charge is 0.141 e. The number of hydrogen-bond donors (Lipinski definition) is 3. The summed E-state index contributed by atoms with van der Waals surface area (Å²) >= 11 is 0. The lowest BCUT2D eigenvalue weighted by molar-refractivity contribution is 0.0752. The van der Waals surface area contributed by atoms with Gasteiger partial charge in [-0.15, -0.1) is 0 Å². The van der Waals surface area contributed by atoms with Crippen molar-refractivity contribution >= 4 is 5.69 Å². The van der Waals surface area contributed by atoms with Gasteiger partial charge in [0.05, 0.1) is 18.4 Å². The Kier molecular flexibility index (Phi) is 3.31. The van der Waals surface area contributed by atoms with Crippen LogP contribution < -0.4 is 15.4 Å². The number of para-hydroxylation sites is 2. The van der Waals surface area contributed by atoms with Gasteiger partial charge in [0, 0.05) is 13.1 Å². The zero-order valence-electron chi connectivity index (χ0n) is 9.49. The van der Waals surface area contributed by atoms with E-state index in [0.717, 1.165) is 24.4 Å². The first kappa shape index (κ1) is 11.2. The van der Waals surface area contributed by atoms with E-state index in [1.165, 1.54) is 0 Å². The summed E-state index contributed by atoms with van der Waals surface area (Å²) in [6.45, 7) is 2.07. The Hall–Kier alpha value is -1.26. The molecule has 1 fully saturated rings. The molecule has 0 aliphatic carbocycles. The molecule has 0 saturated carbocycles. The number of hydrogen-bond acceptors (Lipinski definition) is 4. The SMILES string of the molecule is COc1ccccc1NCC1(O)CCNC1. The third kappa shape index (κ3) is 2.46. The van der Waals surface area contributed by atoms with Crippen LogP contribution >= 0.6 is 0 Å². The topological polar surface area (TPSA) is 53.5 Å². The van der Waals surface area contributed by atoms with Crippen LogP contribution in [0.25, 0.3) is 0 Å². The van der Waals surface area contributed by atoms with Gasteiger partial charge in [-0.3, -0.25) is 0 Å². The summed E-state index contributed by atoms with van der Waals surface area (Å²) in [4.78, 5) is 0. The van der Waals surface area contributed by atoms with Gasteiger partial charge in [-0.25, -0.2) is 0 Å². The second-order valence-corrected chi connectivity index (χ2v) is 4.20. The number of methoxy groups -OCH3 is 1. The van der Waals surface area contributed by atoms with Crippen molar-refractivity contribution in [3.8, 4) is 5.75 Å². The summed E-state index contributed by atoms with van der Waals surface area (Å²) in [5.74, 6) is 0.803. The Balaban J connectivity index is 1.98. The highest BCUT2D eigenvalue weighted by Crippen LogP contribution is 2.24. The van der Waals surface area contributed by atoms with E-state index in [9.17, 15) is 5.11 Å². The summed E-state index contributed by atoms with van der Waals surface area (Å²) in [6, 6.07) is 7.72. The van der Waals surface area contributed by atoms with E-state index in [1.54, 1.807) is 7.11 Å². The monoisotopic (exact) mass is 222 g/mol. The van der Waals surface area contributed by atoms with E-state index >= 15 is 0 Å². The van der Waals surface area contributed by atoms with E-state index in [2.05, 4.69) is 10.6 Å². The number of nitrogens with one attached hydrogen (secondary N) is 2. The first-order valence-electron chi connectivity index (χ1n) is 5.53. The fraction of sp³-hybridized carbons (Fsp3) is 0.500. The van der Waals surface area contributed by atoms with E-state index in [0.29, 0.717) is 13.1 Å². The molecule has 88 valence electrons. The maximum atomic E-state index is 10.2. The van der Waals surface area contributed by atoms with Crippen molar-refractivity contribution in [2.45, 2.75) is 12.0 Å². The molecule has 1 aliphatic heterocycles. The molecule has 1 unspecified atom stereocenters. The lowest BCUT2D eigenvalue weighted by atomic mass is 10.0. The van der Waals surface area contributed by atoms with Crippen LogP contribution in [0.3, 0.4) is 0 Å². The number of aliphatic hydroxyl groups is 1. The number of β-amino-alcohol motifs (C(OH)–C–C–N with tert-alkyl or cyclic N) is 1. The second-order valence-electron chi connectivity index (χ2n) is 4.20. The van der Waals surface area contributed by atoms with Crippen molar-refractivity contribution < 1.29 is 9.84 Å². The highest BCUT2D eigenvalue weighted by atomic mass is 16.5. The van der Waals surface area contributed by atoms with Crippen LogP contribution in [0.2, 0.25) is 0 Å². The van der Waals surface area contributed by atoms with Crippen LogP contribution in [0.5, 0.6) is 5.75 Å². The molecule has 1 aliphatic rings. The van der Waals surface area contributed by atoms with E-state index in [4.69, 9.17) is 4.74 Å². The minimum absolute atomic E-state index is 0.542. The molecule has 3 N–H and O–H groups in total. The van der Waals surface area contributed by atoms with Crippen molar-refractivity contribution in [3.63, 3.8) is 0 Å². The fourth-order valence-corrected chi connectivity index (χ4v) is 1.93. The normalized spacial score (nSPS) is 24.4. The molecule has 0 spiro atoms. The molecule has 0 amide bonds. The van der Waals surface area contributed by atoms with Crippen LogP contribution in [0.15, 0.2) is 24.3 Å². The molecule has 4 nitrogen and oxygen atoms in total. The van der Waals surface area contributed by atoms with Crippen LogP contribution in [0, 0.1) is 0 Å². The molecular formula is C12H18N2O2. The third-order valence-corrected chi connectivity index (χ3v) is 2.94. The quantitative estimate of drug-likeness (QED) is 0.706. The Bertz CT molecular complexity index is 349. The number of anilines is 1. The Morgan fingerprint density at radius 3 is 3.00 bits per heavy atom. The molecule has 0 radical (unpaired) electrons. The summed E-state index contributed by atoms with van der Waals surface area (Å²) < 4.78 is 5.23.